The number of nitrogens with zero attached hydrogens (tertiary/aromatic N) is 4. The maximum atomic E-state index is 12.6. The third-order valence-electron chi connectivity index (χ3n) is 5.54. The van der Waals surface area contributed by atoms with Gasteiger partial charge in [0.15, 0.2) is 11.0 Å². The molecule has 0 bridgehead atoms. The normalized spacial score (nSPS) is 20.9. The smallest absolute Gasteiger partial charge is 0.283 e. The molecular formula is C22H20ClN5O2S. The Labute approximate surface area is 189 Å². The summed E-state index contributed by atoms with van der Waals surface area (Å²) < 4.78 is 5.86. The first-order valence-corrected chi connectivity index (χ1v) is 11.3. The molecule has 1 N–H and O–H groups in total. The van der Waals surface area contributed by atoms with Gasteiger partial charge in [0.1, 0.15) is 11.5 Å². The average Bonchev–Trinajstić information content (AvgIpc) is 3.40. The van der Waals surface area contributed by atoms with Crippen LogP contribution in [0.5, 0.6) is 0 Å². The number of furan rings is 1. The quantitative estimate of drug-likeness (QED) is 0.653. The Morgan fingerprint density at radius 3 is 2.65 bits per heavy atom. The number of benzene rings is 1. The number of hydrogen-bond donors (Lipinski definition) is 1. The van der Waals surface area contributed by atoms with Gasteiger partial charge in [0.05, 0.1) is 5.57 Å². The Bertz CT molecular complexity index is 1140. The van der Waals surface area contributed by atoms with Gasteiger partial charge in [-0.15, -0.1) is 5.10 Å². The Kier molecular flexibility index (Phi) is 5.19. The number of amidine groups is 3. The van der Waals surface area contributed by atoms with Crippen molar-refractivity contribution in [2.75, 3.05) is 13.1 Å². The maximum Gasteiger partial charge on any atom is 0.283 e. The third-order valence-corrected chi connectivity index (χ3v) is 6.76. The molecule has 4 heterocycles. The molecule has 31 heavy (non-hydrogen) atoms. The van der Waals surface area contributed by atoms with E-state index in [2.05, 4.69) is 21.9 Å². The van der Waals surface area contributed by atoms with Crippen LogP contribution in [0, 0.1) is 11.3 Å². The Morgan fingerprint density at radius 1 is 1.16 bits per heavy atom. The summed E-state index contributed by atoms with van der Waals surface area (Å²) in [5, 5.41) is 16.4. The summed E-state index contributed by atoms with van der Waals surface area (Å²) in [6.07, 6.45) is 3.77. The highest BCUT2D eigenvalue weighted by atomic mass is 35.5. The van der Waals surface area contributed by atoms with Gasteiger partial charge in [0.25, 0.3) is 5.91 Å². The van der Waals surface area contributed by atoms with Crippen LogP contribution in [0.3, 0.4) is 0 Å². The van der Waals surface area contributed by atoms with Crippen LogP contribution in [-0.4, -0.2) is 45.1 Å². The van der Waals surface area contributed by atoms with Gasteiger partial charge in [-0.3, -0.25) is 10.2 Å². The summed E-state index contributed by atoms with van der Waals surface area (Å²) in [5.41, 5.74) is 1.03. The summed E-state index contributed by atoms with van der Waals surface area (Å²) in [5.74, 6) is 1.38. The molecule has 1 saturated heterocycles. The molecule has 1 fully saturated rings. The van der Waals surface area contributed by atoms with Crippen LogP contribution < -0.4 is 0 Å². The molecule has 1 amide bonds. The van der Waals surface area contributed by atoms with E-state index >= 15 is 0 Å². The second-order valence-electron chi connectivity index (χ2n) is 7.78. The van der Waals surface area contributed by atoms with Crippen molar-refractivity contribution in [3.05, 3.63) is 52.8 Å². The number of halogens is 1. The van der Waals surface area contributed by atoms with E-state index in [4.69, 9.17) is 21.4 Å². The van der Waals surface area contributed by atoms with Crippen molar-refractivity contribution in [3.8, 4) is 11.3 Å². The highest BCUT2D eigenvalue weighted by molar-refractivity contribution is 8.26. The van der Waals surface area contributed by atoms with Crippen LogP contribution in [0.1, 0.15) is 25.5 Å². The first-order chi connectivity index (χ1) is 15.0. The zero-order valence-corrected chi connectivity index (χ0v) is 18.4. The number of likely N-dealkylation sites (tertiary alicyclic amines) is 1. The Morgan fingerprint density at radius 2 is 1.90 bits per heavy atom. The van der Waals surface area contributed by atoms with E-state index in [-0.39, 0.29) is 11.4 Å². The molecule has 0 atom stereocenters. The Balaban J connectivity index is 1.38. The fourth-order valence-corrected chi connectivity index (χ4v) is 4.72. The van der Waals surface area contributed by atoms with E-state index in [9.17, 15) is 4.79 Å². The fraction of sp³-hybridized carbons (Fsp3) is 0.273. The summed E-state index contributed by atoms with van der Waals surface area (Å²) in [6.45, 7) is 4.11. The van der Waals surface area contributed by atoms with E-state index < -0.39 is 5.91 Å². The van der Waals surface area contributed by atoms with E-state index in [0.717, 1.165) is 36.7 Å². The topological polar surface area (TPSA) is 85.3 Å². The second-order valence-corrected chi connectivity index (χ2v) is 9.15. The first kappa shape index (κ1) is 20.1. The highest BCUT2D eigenvalue weighted by Crippen LogP contribution is 2.32. The molecule has 0 aliphatic carbocycles. The number of carbonyl (C=O) groups is 1. The van der Waals surface area contributed by atoms with Crippen molar-refractivity contribution in [1.29, 1.82) is 5.41 Å². The van der Waals surface area contributed by atoms with Crippen LogP contribution in [0.15, 0.2) is 56.5 Å². The predicted octanol–water partition coefficient (Wildman–Crippen LogP) is 4.91. The number of amides is 1. The van der Waals surface area contributed by atoms with Gasteiger partial charge in [-0.05, 0) is 73.0 Å². The Hall–Kier alpha value is -2.84. The molecule has 5 rings (SSSR count). The van der Waals surface area contributed by atoms with Gasteiger partial charge in [-0.2, -0.15) is 10.0 Å². The van der Waals surface area contributed by atoms with Crippen molar-refractivity contribution < 1.29 is 9.21 Å². The van der Waals surface area contributed by atoms with Gasteiger partial charge in [-0.25, -0.2) is 0 Å². The zero-order valence-electron chi connectivity index (χ0n) is 16.8. The van der Waals surface area contributed by atoms with Gasteiger partial charge >= 0.3 is 0 Å². The second kappa shape index (κ2) is 8.01. The number of hydrazone groups is 1. The van der Waals surface area contributed by atoms with Gasteiger partial charge in [0, 0.05) is 23.7 Å². The standard InChI is InChI=1S/C22H20ClN5O2S/c1-13-8-10-27(11-9-13)22-26-28-19(24)17(20(29)25-21(28)31-22)12-16-6-7-18(30-16)14-2-4-15(23)5-3-14/h2-7,12-13,24H,8-11H2,1H3/b17-12+,24-19?. The third kappa shape index (κ3) is 3.93. The number of thioether (sulfide) groups is 1. The SMILES string of the molecule is CC1CCN(C2=NN3C(=N)/C(=C\c4ccc(-c5ccc(Cl)cc5)o4)C(=O)N=C3S2)CC1. The van der Waals surface area contributed by atoms with Crippen LogP contribution in [0.25, 0.3) is 17.4 Å². The van der Waals surface area contributed by atoms with Crippen molar-refractivity contribution in [2.24, 2.45) is 16.0 Å². The van der Waals surface area contributed by atoms with Gasteiger partial charge < -0.3 is 9.32 Å². The van der Waals surface area contributed by atoms with E-state index in [1.165, 1.54) is 16.8 Å². The molecule has 0 unspecified atom stereocenters. The number of piperidine rings is 1. The lowest BCUT2D eigenvalue weighted by Crippen LogP contribution is -2.36. The minimum atomic E-state index is -0.461. The van der Waals surface area contributed by atoms with Gasteiger partial charge in [0.2, 0.25) is 5.17 Å². The lowest BCUT2D eigenvalue weighted by atomic mass is 10.00. The van der Waals surface area contributed by atoms with E-state index in [1.807, 2.05) is 18.2 Å². The molecule has 3 aliphatic rings. The van der Waals surface area contributed by atoms with Crippen molar-refractivity contribution in [2.45, 2.75) is 19.8 Å². The largest absolute Gasteiger partial charge is 0.457 e. The fourth-order valence-electron chi connectivity index (χ4n) is 3.65. The molecule has 3 aliphatic heterocycles. The molecule has 158 valence electrons. The zero-order chi connectivity index (χ0) is 21.5. The number of fused-ring (bicyclic) bond motifs is 1. The summed E-state index contributed by atoms with van der Waals surface area (Å²) in [4.78, 5) is 19.0. The molecule has 0 saturated carbocycles. The minimum Gasteiger partial charge on any atom is -0.457 e. The number of nitrogens with one attached hydrogen (secondary N) is 1. The molecule has 9 heteroatoms. The van der Waals surface area contributed by atoms with Crippen LogP contribution in [-0.2, 0) is 4.79 Å². The molecule has 2 aromatic rings. The van der Waals surface area contributed by atoms with Crippen LogP contribution in [0.2, 0.25) is 5.02 Å². The number of carbonyl (C=O) groups excluding carboxylic acids is 1. The molecule has 0 radical (unpaired) electrons. The minimum absolute atomic E-state index is 0.00678. The molecule has 1 aromatic heterocycles. The van der Waals surface area contributed by atoms with Crippen molar-refractivity contribution in [3.63, 3.8) is 0 Å². The lowest BCUT2D eigenvalue weighted by Gasteiger charge is -2.30. The molecular weight excluding hydrogens is 434 g/mol. The number of aliphatic imine (C=N–C) groups is 1. The molecule has 7 nitrogen and oxygen atoms in total. The van der Waals surface area contributed by atoms with E-state index in [1.54, 1.807) is 24.3 Å². The predicted molar refractivity (Wildman–Crippen MR) is 124 cm³/mol. The number of rotatable bonds is 2. The molecule has 1 aromatic carbocycles. The lowest BCUT2D eigenvalue weighted by molar-refractivity contribution is -0.114. The average molecular weight is 454 g/mol. The summed E-state index contributed by atoms with van der Waals surface area (Å²) >= 11 is 7.29. The van der Waals surface area contributed by atoms with Crippen LogP contribution in [0.4, 0.5) is 0 Å². The van der Waals surface area contributed by atoms with Crippen LogP contribution >= 0.6 is 23.4 Å². The monoisotopic (exact) mass is 453 g/mol. The highest BCUT2D eigenvalue weighted by Gasteiger charge is 2.37. The molecule has 0 spiro atoms. The van der Waals surface area contributed by atoms with Crippen molar-refractivity contribution in [1.82, 2.24) is 9.91 Å². The van der Waals surface area contributed by atoms with E-state index in [0.29, 0.717) is 27.6 Å². The number of hydrogen-bond acceptors (Lipinski definition) is 6. The maximum absolute atomic E-state index is 12.6. The summed E-state index contributed by atoms with van der Waals surface area (Å²) in [7, 11) is 0. The van der Waals surface area contributed by atoms with Crippen molar-refractivity contribution >= 4 is 51.5 Å². The first-order valence-electron chi connectivity index (χ1n) is 10.1. The summed E-state index contributed by atoms with van der Waals surface area (Å²) in [6, 6.07) is 10.9. The van der Waals surface area contributed by atoms with Gasteiger partial charge in [-0.1, -0.05) is 18.5 Å².